The van der Waals surface area contributed by atoms with Crippen LogP contribution in [0.4, 0.5) is 0 Å². The Kier molecular flexibility index (Phi) is 6.18. The fourth-order valence-electron chi connectivity index (χ4n) is 3.25. The van der Waals surface area contributed by atoms with Gasteiger partial charge in [-0.1, -0.05) is 5.16 Å². The first kappa shape index (κ1) is 20.3. The molecule has 3 aromatic heterocycles. The maximum atomic E-state index is 12.8. The topological polar surface area (TPSA) is 101 Å². The van der Waals surface area contributed by atoms with Crippen LogP contribution in [0.1, 0.15) is 17.7 Å². The number of aromatic nitrogens is 3. The number of aromatic amines is 1. The first-order valence-corrected chi connectivity index (χ1v) is 12.2. The highest BCUT2D eigenvalue weighted by molar-refractivity contribution is 7.98. The van der Waals surface area contributed by atoms with Gasteiger partial charge in [-0.25, -0.2) is 13.3 Å². The highest BCUT2D eigenvalue weighted by Gasteiger charge is 2.19. The Morgan fingerprint density at radius 3 is 3.00 bits per heavy atom. The summed E-state index contributed by atoms with van der Waals surface area (Å²) in [6.07, 6.45) is 2.88. The molecule has 0 saturated heterocycles. The molecule has 1 atom stereocenters. The Morgan fingerprint density at radius 1 is 1.34 bits per heavy atom. The number of hydrogen-bond donors (Lipinski definition) is 1. The Hall–Kier alpha value is -1.95. The molecule has 1 unspecified atom stereocenters. The molecule has 29 heavy (non-hydrogen) atoms. The molecule has 11 heteroatoms. The van der Waals surface area contributed by atoms with Crippen molar-refractivity contribution in [3.05, 3.63) is 56.6 Å². The number of rotatable bonds is 7. The van der Waals surface area contributed by atoms with Gasteiger partial charge in [0.05, 0.1) is 4.88 Å². The molecular weight excluding hydrogens is 432 g/mol. The molecule has 0 bridgehead atoms. The standard InChI is InChI=1S/C18H20N4O4S3/c1-21(29(25)16-4-3-15(28-16)13-5-9-26-20-13)7-2-8-22-14-6-10-27-11-12(14)17(23)19-18(22)24/h3-5,9H,2,6-8,10-11H2,1H3,(H,19,23,24). The molecule has 3 aromatic rings. The van der Waals surface area contributed by atoms with Crippen LogP contribution in [0.5, 0.6) is 0 Å². The van der Waals surface area contributed by atoms with Gasteiger partial charge in [-0.05, 0) is 30.7 Å². The Morgan fingerprint density at radius 2 is 2.21 bits per heavy atom. The summed E-state index contributed by atoms with van der Waals surface area (Å²) in [6.45, 7) is 1.04. The molecule has 0 aromatic carbocycles. The minimum atomic E-state index is -1.29. The summed E-state index contributed by atoms with van der Waals surface area (Å²) in [6, 6.07) is 5.49. The zero-order valence-corrected chi connectivity index (χ0v) is 18.2. The second-order valence-corrected chi connectivity index (χ2v) is 10.6. The van der Waals surface area contributed by atoms with E-state index in [9.17, 15) is 13.8 Å². The van der Waals surface area contributed by atoms with Crippen molar-refractivity contribution >= 4 is 34.1 Å². The second-order valence-electron chi connectivity index (χ2n) is 6.60. The molecule has 1 N–H and O–H groups in total. The van der Waals surface area contributed by atoms with Crippen molar-refractivity contribution in [3.8, 4) is 10.6 Å². The van der Waals surface area contributed by atoms with Gasteiger partial charge in [0, 0.05) is 43.2 Å². The molecule has 1 aliphatic heterocycles. The maximum Gasteiger partial charge on any atom is 0.328 e. The van der Waals surface area contributed by atoms with E-state index in [1.165, 1.54) is 17.6 Å². The first-order valence-electron chi connectivity index (χ1n) is 9.11. The molecule has 0 fully saturated rings. The van der Waals surface area contributed by atoms with Crippen molar-refractivity contribution in [3.63, 3.8) is 0 Å². The lowest BCUT2D eigenvalue weighted by molar-refractivity contribution is 0.422. The Balaban J connectivity index is 1.41. The summed E-state index contributed by atoms with van der Waals surface area (Å²) >= 11 is 3.12. The predicted molar refractivity (Wildman–Crippen MR) is 115 cm³/mol. The first-order chi connectivity index (χ1) is 14.0. The van der Waals surface area contributed by atoms with Crippen LogP contribution < -0.4 is 11.2 Å². The summed E-state index contributed by atoms with van der Waals surface area (Å²) in [5.74, 6) is 1.55. The fraction of sp³-hybridized carbons (Fsp3) is 0.389. The quantitative estimate of drug-likeness (QED) is 0.589. The van der Waals surface area contributed by atoms with E-state index in [4.69, 9.17) is 4.52 Å². The second kappa shape index (κ2) is 8.82. The van der Waals surface area contributed by atoms with Gasteiger partial charge in [-0.3, -0.25) is 14.3 Å². The third kappa shape index (κ3) is 4.32. The lowest BCUT2D eigenvalue weighted by Crippen LogP contribution is -2.37. The molecule has 0 saturated carbocycles. The highest BCUT2D eigenvalue weighted by Crippen LogP contribution is 2.29. The van der Waals surface area contributed by atoms with Gasteiger partial charge in [0.2, 0.25) is 0 Å². The van der Waals surface area contributed by atoms with Gasteiger partial charge in [-0.15, -0.1) is 11.3 Å². The van der Waals surface area contributed by atoms with Crippen LogP contribution in [0.15, 0.2) is 42.8 Å². The number of hydrogen-bond acceptors (Lipinski definition) is 7. The number of nitrogens with one attached hydrogen (secondary N) is 1. The van der Waals surface area contributed by atoms with Gasteiger partial charge < -0.3 is 4.52 Å². The van der Waals surface area contributed by atoms with Crippen molar-refractivity contribution < 1.29 is 8.73 Å². The number of thioether (sulfide) groups is 1. The van der Waals surface area contributed by atoms with Gasteiger partial charge in [0.1, 0.15) is 27.2 Å². The number of H-pyrrole nitrogens is 1. The minimum absolute atomic E-state index is 0.271. The summed E-state index contributed by atoms with van der Waals surface area (Å²) in [7, 11) is 0.506. The summed E-state index contributed by atoms with van der Waals surface area (Å²) in [5.41, 5.74) is 1.64. The summed E-state index contributed by atoms with van der Waals surface area (Å²) in [4.78, 5) is 27.6. The monoisotopic (exact) mass is 452 g/mol. The molecule has 0 radical (unpaired) electrons. The summed E-state index contributed by atoms with van der Waals surface area (Å²) < 4.78 is 21.8. The lowest BCUT2D eigenvalue weighted by atomic mass is 10.2. The summed E-state index contributed by atoms with van der Waals surface area (Å²) in [5, 5.41) is 3.90. The molecular formula is C18H20N4O4S3. The molecule has 0 aliphatic carbocycles. The van der Waals surface area contributed by atoms with Crippen LogP contribution in [-0.2, 0) is 29.7 Å². The third-order valence-electron chi connectivity index (χ3n) is 4.72. The predicted octanol–water partition coefficient (Wildman–Crippen LogP) is 2.09. The highest BCUT2D eigenvalue weighted by atomic mass is 32.2. The van der Waals surface area contributed by atoms with Gasteiger partial charge in [-0.2, -0.15) is 11.8 Å². The lowest BCUT2D eigenvalue weighted by Gasteiger charge is -2.20. The fourth-order valence-corrected chi connectivity index (χ4v) is 6.66. The number of thiophene rings is 1. The van der Waals surface area contributed by atoms with Crippen LogP contribution in [0.25, 0.3) is 10.6 Å². The van der Waals surface area contributed by atoms with E-state index in [2.05, 4.69) is 10.1 Å². The van der Waals surface area contributed by atoms with Crippen molar-refractivity contribution in [1.29, 1.82) is 0 Å². The van der Waals surface area contributed by atoms with Crippen molar-refractivity contribution in [1.82, 2.24) is 19.0 Å². The van der Waals surface area contributed by atoms with E-state index in [0.717, 1.165) is 32.6 Å². The van der Waals surface area contributed by atoms with E-state index in [-0.39, 0.29) is 11.2 Å². The van der Waals surface area contributed by atoms with Crippen LogP contribution in [0.2, 0.25) is 0 Å². The van der Waals surface area contributed by atoms with E-state index in [1.54, 1.807) is 33.7 Å². The van der Waals surface area contributed by atoms with E-state index >= 15 is 0 Å². The smallest absolute Gasteiger partial charge is 0.328 e. The van der Waals surface area contributed by atoms with E-state index in [1.807, 2.05) is 12.1 Å². The molecule has 0 amide bonds. The number of nitrogens with zero attached hydrogens (tertiary/aromatic N) is 3. The van der Waals surface area contributed by atoms with E-state index < -0.39 is 11.0 Å². The average Bonchev–Trinajstić information content (AvgIpc) is 3.41. The number of fused-ring (bicyclic) bond motifs is 1. The van der Waals surface area contributed by atoms with Crippen LogP contribution in [0, 0.1) is 0 Å². The Labute approximate surface area is 177 Å². The van der Waals surface area contributed by atoms with Gasteiger partial charge in [0.15, 0.2) is 0 Å². The molecule has 154 valence electrons. The van der Waals surface area contributed by atoms with Crippen LogP contribution >= 0.6 is 23.1 Å². The molecule has 8 nitrogen and oxygen atoms in total. The zero-order valence-electron chi connectivity index (χ0n) is 15.8. The molecule has 0 spiro atoms. The Bertz CT molecular complexity index is 1130. The largest absolute Gasteiger partial charge is 0.364 e. The van der Waals surface area contributed by atoms with Gasteiger partial charge >= 0.3 is 5.69 Å². The molecule has 1 aliphatic rings. The van der Waals surface area contributed by atoms with Gasteiger partial charge in [0.25, 0.3) is 5.56 Å². The van der Waals surface area contributed by atoms with Crippen molar-refractivity contribution in [2.75, 3.05) is 19.3 Å². The zero-order chi connectivity index (χ0) is 20.4. The SMILES string of the molecule is CN(CCCn1c2c(c(=O)[nH]c1=O)CSCC2)S(=O)c1ccc(-c2ccon2)s1. The van der Waals surface area contributed by atoms with Crippen molar-refractivity contribution in [2.45, 2.75) is 29.3 Å². The molecule has 4 heterocycles. The normalized spacial score (nSPS) is 14.8. The molecule has 4 rings (SSSR count). The van der Waals surface area contributed by atoms with E-state index in [0.29, 0.717) is 30.8 Å². The van der Waals surface area contributed by atoms with Crippen LogP contribution in [0.3, 0.4) is 0 Å². The minimum Gasteiger partial charge on any atom is -0.364 e. The third-order valence-corrected chi connectivity index (χ3v) is 8.52. The average molecular weight is 453 g/mol. The van der Waals surface area contributed by atoms with Crippen molar-refractivity contribution in [2.24, 2.45) is 0 Å². The maximum absolute atomic E-state index is 12.8. The van der Waals surface area contributed by atoms with Crippen LogP contribution in [-0.4, -0.2) is 42.6 Å².